The highest BCUT2D eigenvalue weighted by Crippen LogP contribution is 2.26. The molecule has 0 aliphatic heterocycles. The fourth-order valence-corrected chi connectivity index (χ4v) is 1.71. The lowest BCUT2D eigenvalue weighted by molar-refractivity contribution is 0.100. The van der Waals surface area contributed by atoms with Crippen LogP contribution in [0.5, 0.6) is 5.75 Å². The van der Waals surface area contributed by atoms with Gasteiger partial charge in [0.15, 0.2) is 0 Å². The number of carbonyl (C=O) groups is 1. The van der Waals surface area contributed by atoms with E-state index >= 15 is 0 Å². The molecule has 0 aliphatic rings. The molecule has 2 rings (SSSR count). The van der Waals surface area contributed by atoms with E-state index in [9.17, 15) is 4.79 Å². The molecular formula is C12H14N4O2. The number of methoxy groups -OCH3 is 1. The molecule has 1 aromatic heterocycles. The lowest BCUT2D eigenvalue weighted by Crippen LogP contribution is -2.13. The van der Waals surface area contributed by atoms with Crippen molar-refractivity contribution in [3.05, 3.63) is 35.5 Å². The van der Waals surface area contributed by atoms with Crippen LogP contribution in [0.15, 0.2) is 24.4 Å². The Morgan fingerprint density at radius 1 is 1.44 bits per heavy atom. The highest BCUT2D eigenvalue weighted by atomic mass is 16.5. The predicted molar refractivity (Wildman–Crippen MR) is 67.8 cm³/mol. The van der Waals surface area contributed by atoms with Gasteiger partial charge in [-0.3, -0.25) is 4.79 Å². The molecule has 1 aromatic carbocycles. The summed E-state index contributed by atoms with van der Waals surface area (Å²) in [6.07, 6.45) is 1.35. The lowest BCUT2D eigenvalue weighted by Gasteiger charge is -2.10. The molecule has 94 valence electrons. The van der Waals surface area contributed by atoms with Crippen LogP contribution in [0.3, 0.4) is 0 Å². The first-order valence-electron chi connectivity index (χ1n) is 5.33. The van der Waals surface area contributed by atoms with Crippen LogP contribution in [0, 0.1) is 6.92 Å². The fourth-order valence-electron chi connectivity index (χ4n) is 1.71. The number of carbonyl (C=O) groups excluding carboxylic acids is 1. The molecule has 0 bridgehead atoms. The maximum atomic E-state index is 11.1. The van der Waals surface area contributed by atoms with Crippen molar-refractivity contribution in [1.82, 2.24) is 9.78 Å². The van der Waals surface area contributed by atoms with Gasteiger partial charge in [-0.2, -0.15) is 5.10 Å². The topological polar surface area (TPSA) is 96.2 Å². The second kappa shape index (κ2) is 4.40. The van der Waals surface area contributed by atoms with Crippen LogP contribution in [-0.4, -0.2) is 22.8 Å². The normalized spacial score (nSPS) is 10.3. The third-order valence-electron chi connectivity index (χ3n) is 2.63. The van der Waals surface area contributed by atoms with Crippen LogP contribution in [0.25, 0.3) is 5.69 Å². The van der Waals surface area contributed by atoms with Gasteiger partial charge >= 0.3 is 0 Å². The Morgan fingerprint density at radius 2 is 2.17 bits per heavy atom. The smallest absolute Gasteiger partial charge is 0.254 e. The summed E-state index contributed by atoms with van der Waals surface area (Å²) >= 11 is 0. The molecular weight excluding hydrogens is 232 g/mol. The summed E-state index contributed by atoms with van der Waals surface area (Å²) in [6.45, 7) is 1.94. The van der Waals surface area contributed by atoms with E-state index in [0.717, 1.165) is 5.56 Å². The van der Waals surface area contributed by atoms with Gasteiger partial charge < -0.3 is 16.2 Å². The van der Waals surface area contributed by atoms with E-state index in [0.29, 0.717) is 11.4 Å². The average molecular weight is 246 g/mol. The highest BCUT2D eigenvalue weighted by Gasteiger charge is 2.15. The molecule has 6 nitrogen and oxygen atoms in total. The first-order chi connectivity index (χ1) is 8.54. The van der Waals surface area contributed by atoms with E-state index in [4.69, 9.17) is 16.2 Å². The predicted octanol–water partition coefficient (Wildman–Crippen LogP) is 0.870. The Labute approximate surface area is 104 Å². The van der Waals surface area contributed by atoms with Crippen LogP contribution in [0.1, 0.15) is 15.9 Å². The summed E-state index contributed by atoms with van der Waals surface area (Å²) < 4.78 is 6.68. The van der Waals surface area contributed by atoms with Crippen molar-refractivity contribution in [3.8, 4) is 11.4 Å². The van der Waals surface area contributed by atoms with Crippen molar-refractivity contribution in [2.24, 2.45) is 5.73 Å². The quantitative estimate of drug-likeness (QED) is 0.839. The molecule has 1 heterocycles. The van der Waals surface area contributed by atoms with Crippen LogP contribution in [0.4, 0.5) is 5.82 Å². The molecule has 18 heavy (non-hydrogen) atoms. The molecule has 0 saturated carbocycles. The minimum absolute atomic E-state index is 0.193. The largest absolute Gasteiger partial charge is 0.494 e. The minimum Gasteiger partial charge on any atom is -0.494 e. The number of hydrogen-bond acceptors (Lipinski definition) is 4. The van der Waals surface area contributed by atoms with Gasteiger partial charge in [0, 0.05) is 0 Å². The molecule has 0 fully saturated rings. The van der Waals surface area contributed by atoms with Crippen LogP contribution >= 0.6 is 0 Å². The molecule has 0 aliphatic carbocycles. The van der Waals surface area contributed by atoms with Crippen molar-refractivity contribution in [2.45, 2.75) is 6.92 Å². The summed E-state index contributed by atoms with van der Waals surface area (Å²) in [4.78, 5) is 11.1. The molecule has 0 saturated heterocycles. The monoisotopic (exact) mass is 246 g/mol. The maximum Gasteiger partial charge on any atom is 0.254 e. The zero-order valence-corrected chi connectivity index (χ0v) is 10.2. The molecule has 0 atom stereocenters. The van der Waals surface area contributed by atoms with Gasteiger partial charge in [-0.25, -0.2) is 4.68 Å². The van der Waals surface area contributed by atoms with Crippen molar-refractivity contribution < 1.29 is 9.53 Å². The van der Waals surface area contributed by atoms with E-state index in [1.54, 1.807) is 7.11 Å². The number of aromatic nitrogens is 2. The van der Waals surface area contributed by atoms with Crippen molar-refractivity contribution >= 4 is 11.7 Å². The number of primary amides is 1. The number of hydrogen-bond donors (Lipinski definition) is 2. The number of aryl methyl sites for hydroxylation is 1. The van der Waals surface area contributed by atoms with Crippen molar-refractivity contribution in [2.75, 3.05) is 12.8 Å². The number of rotatable bonds is 3. The minimum atomic E-state index is -0.606. The van der Waals surface area contributed by atoms with Gasteiger partial charge in [-0.15, -0.1) is 0 Å². The van der Waals surface area contributed by atoms with Crippen LogP contribution < -0.4 is 16.2 Å². The van der Waals surface area contributed by atoms with E-state index in [2.05, 4.69) is 5.10 Å². The Kier molecular flexibility index (Phi) is 2.93. The second-order valence-electron chi connectivity index (χ2n) is 3.89. The van der Waals surface area contributed by atoms with E-state index < -0.39 is 5.91 Å². The second-order valence-corrected chi connectivity index (χ2v) is 3.89. The number of benzene rings is 1. The summed E-state index contributed by atoms with van der Waals surface area (Å²) in [5.74, 6) is 0.211. The molecule has 0 radical (unpaired) electrons. The average Bonchev–Trinajstić information content (AvgIpc) is 2.71. The van der Waals surface area contributed by atoms with Crippen LogP contribution in [0.2, 0.25) is 0 Å². The van der Waals surface area contributed by atoms with E-state index in [1.807, 2.05) is 25.1 Å². The lowest BCUT2D eigenvalue weighted by atomic mass is 10.2. The van der Waals surface area contributed by atoms with Gasteiger partial charge in [0.25, 0.3) is 5.91 Å². The summed E-state index contributed by atoms with van der Waals surface area (Å²) in [6, 6.07) is 5.60. The Hall–Kier alpha value is -2.50. The standard InChI is InChI=1S/C12H14N4O2/c1-7-3-4-10(18-2)9(5-7)16-11(13)8(6-15-16)12(14)17/h3-6H,13H2,1-2H3,(H2,14,17). The zero-order chi connectivity index (χ0) is 13.3. The molecule has 4 N–H and O–H groups in total. The number of nitrogen functional groups attached to an aromatic ring is 1. The van der Waals surface area contributed by atoms with Gasteiger partial charge in [-0.1, -0.05) is 6.07 Å². The number of nitrogens with two attached hydrogens (primary N) is 2. The van der Waals surface area contributed by atoms with Crippen molar-refractivity contribution in [1.29, 1.82) is 0 Å². The zero-order valence-electron chi connectivity index (χ0n) is 10.2. The molecule has 0 spiro atoms. The SMILES string of the molecule is COc1ccc(C)cc1-n1ncc(C(N)=O)c1N. The number of nitrogens with zero attached hydrogens (tertiary/aromatic N) is 2. The molecule has 0 unspecified atom stereocenters. The Bertz CT molecular complexity index is 604. The number of ether oxygens (including phenoxy) is 1. The van der Waals surface area contributed by atoms with Gasteiger partial charge in [0.1, 0.15) is 22.8 Å². The highest BCUT2D eigenvalue weighted by molar-refractivity contribution is 5.97. The summed E-state index contributed by atoms with van der Waals surface area (Å²) in [5, 5.41) is 4.07. The van der Waals surface area contributed by atoms with Crippen molar-refractivity contribution in [3.63, 3.8) is 0 Å². The van der Waals surface area contributed by atoms with Gasteiger partial charge in [0.05, 0.1) is 13.3 Å². The Morgan fingerprint density at radius 3 is 2.72 bits per heavy atom. The van der Waals surface area contributed by atoms with Crippen LogP contribution in [-0.2, 0) is 0 Å². The summed E-state index contributed by atoms with van der Waals surface area (Å²) in [7, 11) is 1.56. The fraction of sp³-hybridized carbons (Fsp3) is 0.167. The third kappa shape index (κ3) is 1.88. The molecule has 2 aromatic rings. The molecule has 6 heteroatoms. The number of anilines is 1. The van der Waals surface area contributed by atoms with Gasteiger partial charge in [0.2, 0.25) is 0 Å². The first kappa shape index (κ1) is 12.0. The number of amides is 1. The maximum absolute atomic E-state index is 11.1. The van der Waals surface area contributed by atoms with Gasteiger partial charge in [-0.05, 0) is 24.6 Å². The van der Waals surface area contributed by atoms with E-state index in [-0.39, 0.29) is 11.4 Å². The Balaban J connectivity index is 2.61. The van der Waals surface area contributed by atoms with E-state index in [1.165, 1.54) is 10.9 Å². The third-order valence-corrected chi connectivity index (χ3v) is 2.63. The summed E-state index contributed by atoms with van der Waals surface area (Å²) in [5.41, 5.74) is 12.9. The first-order valence-corrected chi connectivity index (χ1v) is 5.33. The molecule has 1 amide bonds.